The molecule has 0 aromatic heterocycles. The molecule has 128 valence electrons. The van der Waals surface area contributed by atoms with Crippen LogP contribution in [0.2, 0.25) is 0 Å². The van der Waals surface area contributed by atoms with Crippen LogP contribution in [0.3, 0.4) is 0 Å². The smallest absolute Gasteiger partial charge is 0.315 e. The highest BCUT2D eigenvalue weighted by atomic mass is 79.9. The molecule has 0 heterocycles. The number of hydrogen-bond donors (Lipinski definition) is 2. The van der Waals surface area contributed by atoms with E-state index in [0.29, 0.717) is 24.6 Å². The molecular formula is C18H21BrN2O3. The Kier molecular flexibility index (Phi) is 6.93. The van der Waals surface area contributed by atoms with Gasteiger partial charge in [0.15, 0.2) is 11.5 Å². The van der Waals surface area contributed by atoms with Crippen LogP contribution in [0.25, 0.3) is 0 Å². The first kappa shape index (κ1) is 18.1. The number of carbonyl (C=O) groups excluding carboxylic acids is 1. The van der Waals surface area contributed by atoms with Gasteiger partial charge >= 0.3 is 6.03 Å². The van der Waals surface area contributed by atoms with Gasteiger partial charge in [-0.1, -0.05) is 40.2 Å². The van der Waals surface area contributed by atoms with Crippen molar-refractivity contribution in [1.82, 2.24) is 10.6 Å². The van der Waals surface area contributed by atoms with E-state index in [1.165, 1.54) is 0 Å². The molecule has 0 bridgehead atoms. The van der Waals surface area contributed by atoms with Crippen molar-refractivity contribution in [3.8, 4) is 11.5 Å². The molecule has 0 aliphatic heterocycles. The van der Waals surface area contributed by atoms with E-state index < -0.39 is 0 Å². The lowest BCUT2D eigenvalue weighted by molar-refractivity contribution is 0.240. The van der Waals surface area contributed by atoms with Gasteiger partial charge in [-0.3, -0.25) is 0 Å². The van der Waals surface area contributed by atoms with E-state index in [9.17, 15) is 4.79 Å². The fourth-order valence-electron chi connectivity index (χ4n) is 2.25. The maximum Gasteiger partial charge on any atom is 0.315 e. The second-order valence-electron chi connectivity index (χ2n) is 5.14. The van der Waals surface area contributed by atoms with Gasteiger partial charge in [0.05, 0.1) is 14.2 Å². The molecule has 0 atom stereocenters. The van der Waals surface area contributed by atoms with E-state index in [-0.39, 0.29) is 6.03 Å². The van der Waals surface area contributed by atoms with Crippen LogP contribution in [0.5, 0.6) is 11.5 Å². The number of halogens is 1. The lowest BCUT2D eigenvalue weighted by Crippen LogP contribution is -2.36. The van der Waals surface area contributed by atoms with Crippen molar-refractivity contribution >= 4 is 22.0 Å². The van der Waals surface area contributed by atoms with Gasteiger partial charge in [0.2, 0.25) is 0 Å². The zero-order valence-corrected chi connectivity index (χ0v) is 15.4. The molecule has 0 saturated heterocycles. The summed E-state index contributed by atoms with van der Waals surface area (Å²) in [6.45, 7) is 0.988. The molecule has 2 aromatic rings. The van der Waals surface area contributed by atoms with Crippen molar-refractivity contribution in [3.05, 3.63) is 58.1 Å². The molecule has 2 rings (SSSR count). The molecule has 0 aliphatic carbocycles. The van der Waals surface area contributed by atoms with Crippen LogP contribution in [0, 0.1) is 0 Å². The minimum absolute atomic E-state index is 0.197. The minimum Gasteiger partial charge on any atom is -0.493 e. The summed E-state index contributed by atoms with van der Waals surface area (Å²) in [7, 11) is 3.18. The molecule has 0 spiro atoms. The van der Waals surface area contributed by atoms with Crippen LogP contribution in [-0.4, -0.2) is 26.8 Å². The summed E-state index contributed by atoms with van der Waals surface area (Å²) in [5.74, 6) is 1.31. The van der Waals surface area contributed by atoms with Gasteiger partial charge in [-0.05, 0) is 35.7 Å². The van der Waals surface area contributed by atoms with E-state index in [0.717, 1.165) is 22.0 Å². The summed E-state index contributed by atoms with van der Waals surface area (Å²) in [5, 5.41) is 5.68. The molecule has 6 heteroatoms. The number of rotatable bonds is 7. The van der Waals surface area contributed by atoms with Gasteiger partial charge in [0, 0.05) is 17.6 Å². The molecule has 2 N–H and O–H groups in total. The van der Waals surface area contributed by atoms with Gasteiger partial charge in [0.1, 0.15) is 0 Å². The summed E-state index contributed by atoms with van der Waals surface area (Å²) in [6.07, 6.45) is 0.769. The van der Waals surface area contributed by atoms with E-state index in [2.05, 4.69) is 26.6 Å². The van der Waals surface area contributed by atoms with Crippen LogP contribution >= 0.6 is 15.9 Å². The summed E-state index contributed by atoms with van der Waals surface area (Å²) >= 11 is 3.50. The second-order valence-corrected chi connectivity index (χ2v) is 5.99. The third kappa shape index (κ3) is 5.16. The number of methoxy groups -OCH3 is 2. The molecule has 0 unspecified atom stereocenters. The highest BCUT2D eigenvalue weighted by molar-refractivity contribution is 9.10. The van der Waals surface area contributed by atoms with E-state index >= 15 is 0 Å². The molecule has 0 saturated carbocycles. The van der Waals surface area contributed by atoms with Crippen molar-refractivity contribution < 1.29 is 14.3 Å². The first-order chi connectivity index (χ1) is 11.6. The predicted molar refractivity (Wildman–Crippen MR) is 97.6 cm³/mol. The maximum absolute atomic E-state index is 11.9. The Labute approximate surface area is 150 Å². The number of carbonyl (C=O) groups is 1. The Balaban J connectivity index is 1.78. The van der Waals surface area contributed by atoms with E-state index in [4.69, 9.17) is 9.47 Å². The molecule has 2 aromatic carbocycles. The highest BCUT2D eigenvalue weighted by Crippen LogP contribution is 2.27. The molecule has 0 aliphatic rings. The van der Waals surface area contributed by atoms with Crippen LogP contribution in [0.4, 0.5) is 4.79 Å². The zero-order valence-electron chi connectivity index (χ0n) is 13.8. The monoisotopic (exact) mass is 392 g/mol. The first-order valence-corrected chi connectivity index (χ1v) is 8.39. The van der Waals surface area contributed by atoms with Crippen LogP contribution in [0.15, 0.2) is 46.9 Å². The third-order valence-corrected chi connectivity index (χ3v) is 4.31. The number of benzene rings is 2. The second kappa shape index (κ2) is 9.17. The number of amides is 2. The standard InChI is InChI=1S/C18H21BrN2O3/c1-23-16-8-7-13(11-17(16)24-2)12-21-18(22)20-10-9-14-5-3-4-6-15(14)19/h3-8,11H,9-10,12H2,1-2H3,(H2,20,21,22). The van der Waals surface area contributed by atoms with Crippen molar-refractivity contribution in [3.63, 3.8) is 0 Å². The molecule has 0 fully saturated rings. The summed E-state index contributed by atoms with van der Waals surface area (Å²) in [6, 6.07) is 13.3. The van der Waals surface area contributed by atoms with Gasteiger partial charge < -0.3 is 20.1 Å². The lowest BCUT2D eigenvalue weighted by atomic mass is 10.1. The van der Waals surface area contributed by atoms with Crippen molar-refractivity contribution in [2.75, 3.05) is 20.8 Å². The van der Waals surface area contributed by atoms with Gasteiger partial charge in [0.25, 0.3) is 0 Å². The Morgan fingerprint density at radius 1 is 1.04 bits per heavy atom. The number of hydrogen-bond acceptors (Lipinski definition) is 3. The predicted octanol–water partition coefficient (Wildman–Crippen LogP) is 3.51. The number of ether oxygens (including phenoxy) is 2. The fourth-order valence-corrected chi connectivity index (χ4v) is 2.73. The fraction of sp³-hybridized carbons (Fsp3) is 0.278. The maximum atomic E-state index is 11.9. The topological polar surface area (TPSA) is 59.6 Å². The normalized spacial score (nSPS) is 10.1. The summed E-state index contributed by atoms with van der Waals surface area (Å²) in [5.41, 5.74) is 2.10. The summed E-state index contributed by atoms with van der Waals surface area (Å²) in [4.78, 5) is 11.9. The molecule has 5 nitrogen and oxygen atoms in total. The Morgan fingerprint density at radius 2 is 1.79 bits per heavy atom. The number of nitrogens with one attached hydrogen (secondary N) is 2. The molecule has 0 radical (unpaired) electrons. The lowest BCUT2D eigenvalue weighted by Gasteiger charge is -2.11. The molecule has 2 amide bonds. The molecule has 24 heavy (non-hydrogen) atoms. The van der Waals surface area contributed by atoms with Crippen molar-refractivity contribution in [2.24, 2.45) is 0 Å². The van der Waals surface area contributed by atoms with Crippen LogP contribution < -0.4 is 20.1 Å². The summed E-state index contributed by atoms with van der Waals surface area (Å²) < 4.78 is 11.5. The van der Waals surface area contributed by atoms with Gasteiger partial charge in [-0.2, -0.15) is 0 Å². The minimum atomic E-state index is -0.197. The Bertz CT molecular complexity index is 692. The Morgan fingerprint density at radius 3 is 2.50 bits per heavy atom. The number of urea groups is 1. The highest BCUT2D eigenvalue weighted by Gasteiger charge is 2.06. The SMILES string of the molecule is COc1ccc(CNC(=O)NCCc2ccccc2Br)cc1OC. The third-order valence-electron chi connectivity index (χ3n) is 3.54. The average Bonchev–Trinajstić information content (AvgIpc) is 2.61. The van der Waals surface area contributed by atoms with Crippen molar-refractivity contribution in [2.45, 2.75) is 13.0 Å². The van der Waals surface area contributed by atoms with Crippen molar-refractivity contribution in [1.29, 1.82) is 0 Å². The average molecular weight is 393 g/mol. The van der Waals surface area contributed by atoms with Crippen LogP contribution in [0.1, 0.15) is 11.1 Å². The van der Waals surface area contributed by atoms with Crippen LogP contribution in [-0.2, 0) is 13.0 Å². The first-order valence-electron chi connectivity index (χ1n) is 7.60. The molecular weight excluding hydrogens is 372 g/mol. The van der Waals surface area contributed by atoms with E-state index in [1.807, 2.05) is 42.5 Å². The van der Waals surface area contributed by atoms with Gasteiger partial charge in [-0.15, -0.1) is 0 Å². The largest absolute Gasteiger partial charge is 0.493 e. The van der Waals surface area contributed by atoms with Gasteiger partial charge in [-0.25, -0.2) is 4.79 Å². The zero-order chi connectivity index (χ0) is 17.4. The quantitative estimate of drug-likeness (QED) is 0.757. The Hall–Kier alpha value is -2.21. The van der Waals surface area contributed by atoms with E-state index in [1.54, 1.807) is 14.2 Å².